The second-order valence-corrected chi connectivity index (χ2v) is 14.0. The molecule has 11 rings (SSSR count). The van der Waals surface area contributed by atoms with Gasteiger partial charge in [-0.15, -0.1) is 11.3 Å². The van der Waals surface area contributed by atoms with Gasteiger partial charge in [-0.05, 0) is 66.7 Å². The number of hydrogen-bond acceptors (Lipinski definition) is 3. The third kappa shape index (κ3) is 3.97. The summed E-state index contributed by atoms with van der Waals surface area (Å²) < 4.78 is 11.5. The number of fused-ring (bicyclic) bond motifs is 11. The van der Waals surface area contributed by atoms with E-state index in [0.717, 1.165) is 55.5 Å². The molecule has 0 amide bonds. The van der Waals surface area contributed by atoms with Gasteiger partial charge in [-0.1, -0.05) is 103 Å². The lowest BCUT2D eigenvalue weighted by atomic mass is 10.0. The topological polar surface area (TPSA) is 21.3 Å². The van der Waals surface area contributed by atoms with Crippen molar-refractivity contribution in [2.24, 2.45) is 0 Å². The van der Waals surface area contributed by atoms with E-state index in [1.165, 1.54) is 42.0 Å². The van der Waals surface area contributed by atoms with E-state index >= 15 is 0 Å². The Bertz CT molecular complexity index is 3110. The normalized spacial score (nSPS) is 12.0. The van der Waals surface area contributed by atoms with Gasteiger partial charge < -0.3 is 13.9 Å². The molecule has 4 heteroatoms. The van der Waals surface area contributed by atoms with E-state index in [0.29, 0.717) is 0 Å². The minimum absolute atomic E-state index is 0.899. The molecule has 11 aromatic rings. The van der Waals surface area contributed by atoms with Crippen molar-refractivity contribution in [3.05, 3.63) is 170 Å². The number of furan rings is 1. The Kier molecular flexibility index (Phi) is 5.83. The largest absolute Gasteiger partial charge is 0.455 e. The van der Waals surface area contributed by atoms with Crippen LogP contribution in [-0.4, -0.2) is 4.57 Å². The number of para-hydroxylation sites is 3. The smallest absolute Gasteiger partial charge is 0.143 e. The number of anilines is 3. The molecule has 3 heterocycles. The van der Waals surface area contributed by atoms with Crippen LogP contribution in [0, 0.1) is 0 Å². The average molecular weight is 657 g/mol. The van der Waals surface area contributed by atoms with Gasteiger partial charge in [-0.2, -0.15) is 0 Å². The van der Waals surface area contributed by atoms with Crippen molar-refractivity contribution in [3.63, 3.8) is 0 Å². The molecule has 0 aliphatic carbocycles. The number of hydrogen-bond donors (Lipinski definition) is 0. The Hall–Kier alpha value is -6.36. The average Bonchev–Trinajstić information content (AvgIpc) is 3.85. The first-order valence-corrected chi connectivity index (χ1v) is 17.7. The monoisotopic (exact) mass is 656 g/mol. The maximum atomic E-state index is 6.54. The lowest BCUT2D eigenvalue weighted by Gasteiger charge is -2.27. The molecule has 8 aromatic carbocycles. The quantitative estimate of drug-likeness (QED) is 0.188. The van der Waals surface area contributed by atoms with Crippen molar-refractivity contribution in [2.75, 3.05) is 4.90 Å². The fourth-order valence-electron chi connectivity index (χ4n) is 7.95. The van der Waals surface area contributed by atoms with Crippen molar-refractivity contribution < 1.29 is 4.42 Å². The fraction of sp³-hybridized carbons (Fsp3) is 0. The predicted molar refractivity (Wildman–Crippen MR) is 213 cm³/mol. The summed E-state index contributed by atoms with van der Waals surface area (Å²) in [4.78, 5) is 2.45. The van der Waals surface area contributed by atoms with E-state index in [1.54, 1.807) is 0 Å². The van der Waals surface area contributed by atoms with Crippen molar-refractivity contribution in [1.82, 2.24) is 4.57 Å². The first-order chi connectivity index (χ1) is 24.8. The molecule has 0 bridgehead atoms. The van der Waals surface area contributed by atoms with Crippen LogP contribution in [0.4, 0.5) is 17.1 Å². The van der Waals surface area contributed by atoms with Gasteiger partial charge in [0, 0.05) is 69.6 Å². The van der Waals surface area contributed by atoms with Crippen LogP contribution in [-0.2, 0) is 0 Å². The molecular weight excluding hydrogens is 629 g/mol. The Labute approximate surface area is 291 Å². The summed E-state index contributed by atoms with van der Waals surface area (Å²) in [5.74, 6) is 0. The highest BCUT2D eigenvalue weighted by molar-refractivity contribution is 7.25. The van der Waals surface area contributed by atoms with Gasteiger partial charge >= 0.3 is 0 Å². The van der Waals surface area contributed by atoms with E-state index in [9.17, 15) is 0 Å². The second-order valence-electron chi connectivity index (χ2n) is 12.9. The first-order valence-electron chi connectivity index (χ1n) is 16.9. The number of thiophene rings is 1. The van der Waals surface area contributed by atoms with Crippen molar-refractivity contribution in [1.29, 1.82) is 0 Å². The van der Waals surface area contributed by atoms with Gasteiger partial charge in [-0.25, -0.2) is 0 Å². The number of aromatic nitrogens is 1. The molecule has 0 saturated heterocycles. The number of nitrogens with zero attached hydrogens (tertiary/aromatic N) is 2. The third-order valence-corrected chi connectivity index (χ3v) is 11.3. The van der Waals surface area contributed by atoms with Gasteiger partial charge in [0.1, 0.15) is 11.2 Å². The van der Waals surface area contributed by atoms with Crippen LogP contribution >= 0.6 is 11.3 Å². The van der Waals surface area contributed by atoms with E-state index in [1.807, 2.05) is 17.4 Å². The molecule has 3 nitrogen and oxygen atoms in total. The van der Waals surface area contributed by atoms with Gasteiger partial charge in [0.15, 0.2) is 0 Å². The summed E-state index contributed by atoms with van der Waals surface area (Å²) in [6.07, 6.45) is 0. The van der Waals surface area contributed by atoms with Crippen LogP contribution in [0.15, 0.2) is 174 Å². The van der Waals surface area contributed by atoms with Crippen LogP contribution in [0.5, 0.6) is 0 Å². The Morgan fingerprint density at radius 1 is 0.420 bits per heavy atom. The molecule has 0 aliphatic rings. The number of benzene rings is 8. The Morgan fingerprint density at radius 3 is 1.94 bits per heavy atom. The summed E-state index contributed by atoms with van der Waals surface area (Å²) in [6, 6.07) is 61.4. The highest BCUT2D eigenvalue weighted by atomic mass is 32.1. The van der Waals surface area contributed by atoms with Crippen molar-refractivity contribution >= 4 is 103 Å². The molecule has 234 valence electrons. The zero-order chi connectivity index (χ0) is 32.8. The minimum atomic E-state index is 0.899. The third-order valence-electron chi connectivity index (χ3n) is 10.2. The molecular formula is C46H28N2OS. The summed E-state index contributed by atoms with van der Waals surface area (Å²) in [7, 11) is 0. The Morgan fingerprint density at radius 2 is 1.06 bits per heavy atom. The summed E-state index contributed by atoms with van der Waals surface area (Å²) >= 11 is 1.85. The standard InChI is InChI=1S/C46H28N2OS/c1-2-12-29(13-3-1)48-40-19-9-6-14-32(40)34-24-22-31(27-41(34)48)47(30-23-25-45-38(26-30)36-17-8-11-21-44(36)50-45)42-28-39-35-16-7-10-20-43(35)49-46(39)37-18-5-4-15-33(37)42/h1-28H. The summed E-state index contributed by atoms with van der Waals surface area (Å²) in [5, 5.41) is 9.50. The molecule has 0 unspecified atom stereocenters. The molecule has 0 N–H and O–H groups in total. The van der Waals surface area contributed by atoms with E-state index < -0.39 is 0 Å². The fourth-order valence-corrected chi connectivity index (χ4v) is 9.03. The van der Waals surface area contributed by atoms with E-state index in [-0.39, 0.29) is 0 Å². The van der Waals surface area contributed by atoms with E-state index in [2.05, 4.69) is 173 Å². The molecule has 50 heavy (non-hydrogen) atoms. The zero-order valence-electron chi connectivity index (χ0n) is 26.9. The summed E-state index contributed by atoms with van der Waals surface area (Å²) in [6.45, 7) is 0. The molecule has 3 aromatic heterocycles. The molecule has 0 aliphatic heterocycles. The van der Waals surface area contributed by atoms with Crippen LogP contribution in [0.25, 0.3) is 80.4 Å². The predicted octanol–water partition coefficient (Wildman–Crippen LogP) is 13.7. The Balaban J connectivity index is 1.26. The van der Waals surface area contributed by atoms with Crippen LogP contribution in [0.1, 0.15) is 0 Å². The highest BCUT2D eigenvalue weighted by Crippen LogP contribution is 2.47. The highest BCUT2D eigenvalue weighted by Gasteiger charge is 2.22. The molecule has 0 fully saturated rings. The van der Waals surface area contributed by atoms with Gasteiger partial charge in [0.25, 0.3) is 0 Å². The van der Waals surface area contributed by atoms with Crippen LogP contribution in [0.3, 0.4) is 0 Å². The van der Waals surface area contributed by atoms with Crippen molar-refractivity contribution in [3.8, 4) is 5.69 Å². The molecule has 0 atom stereocenters. The van der Waals surface area contributed by atoms with Crippen LogP contribution in [0.2, 0.25) is 0 Å². The molecule has 0 spiro atoms. The summed E-state index contributed by atoms with van der Waals surface area (Å²) in [5.41, 5.74) is 8.64. The molecule has 0 saturated carbocycles. The second kappa shape index (κ2) is 10.6. The minimum Gasteiger partial charge on any atom is -0.455 e. The maximum Gasteiger partial charge on any atom is 0.143 e. The van der Waals surface area contributed by atoms with Gasteiger partial charge in [-0.3, -0.25) is 0 Å². The van der Waals surface area contributed by atoms with Crippen LogP contribution < -0.4 is 4.90 Å². The molecule has 0 radical (unpaired) electrons. The van der Waals surface area contributed by atoms with E-state index in [4.69, 9.17) is 4.42 Å². The lowest BCUT2D eigenvalue weighted by molar-refractivity contribution is 0.672. The van der Waals surface area contributed by atoms with Gasteiger partial charge in [0.2, 0.25) is 0 Å². The lowest BCUT2D eigenvalue weighted by Crippen LogP contribution is -2.11. The van der Waals surface area contributed by atoms with Crippen molar-refractivity contribution in [2.45, 2.75) is 0 Å². The van der Waals surface area contributed by atoms with Gasteiger partial charge in [0.05, 0.1) is 16.7 Å². The number of rotatable bonds is 4. The SMILES string of the molecule is c1ccc(-n2c3ccccc3c3ccc(N(c4ccc5sc6ccccc6c5c4)c4cc5c6ccccc6oc5c5ccccc45)cc32)cc1. The first kappa shape index (κ1) is 27.6. The zero-order valence-corrected chi connectivity index (χ0v) is 27.7. The maximum absolute atomic E-state index is 6.54.